The number of nitrogens with one attached hydrogen (secondary N) is 2. The van der Waals surface area contributed by atoms with Gasteiger partial charge in [0.2, 0.25) is 11.1 Å². The van der Waals surface area contributed by atoms with Crippen molar-refractivity contribution in [3.05, 3.63) is 48.0 Å². The van der Waals surface area contributed by atoms with Gasteiger partial charge in [0.25, 0.3) is 5.95 Å². The van der Waals surface area contributed by atoms with Crippen LogP contribution in [0.2, 0.25) is 0 Å². The molecule has 0 aliphatic heterocycles. The second-order valence-electron chi connectivity index (χ2n) is 7.22. The number of nitrogens with two attached hydrogens (primary N) is 1. The van der Waals surface area contributed by atoms with E-state index in [1.165, 1.54) is 17.5 Å². The number of hydrogen-bond acceptors (Lipinski definition) is 10. The zero-order valence-electron chi connectivity index (χ0n) is 20.2. The summed E-state index contributed by atoms with van der Waals surface area (Å²) in [6, 6.07) is 13.2. The Kier molecular flexibility index (Phi) is 9.18. The minimum atomic E-state index is -0.231. The summed E-state index contributed by atoms with van der Waals surface area (Å²) in [5.41, 5.74) is 5.46. The molecule has 12 heteroatoms. The number of aromatic nitrogens is 3. The van der Waals surface area contributed by atoms with Crippen molar-refractivity contribution in [3.63, 3.8) is 0 Å². The van der Waals surface area contributed by atoms with Crippen LogP contribution in [0.15, 0.2) is 52.7 Å². The van der Waals surface area contributed by atoms with E-state index in [1.54, 1.807) is 31.5 Å². The van der Waals surface area contributed by atoms with E-state index in [-0.39, 0.29) is 17.6 Å². The van der Waals surface area contributed by atoms with Gasteiger partial charge >= 0.3 is 0 Å². The number of nitrogen functional groups attached to an aromatic ring is 1. The van der Waals surface area contributed by atoms with Crippen molar-refractivity contribution in [1.29, 1.82) is 0 Å². The van der Waals surface area contributed by atoms with Gasteiger partial charge in [-0.05, 0) is 43.7 Å². The standard InChI is InChI=1S/C23H30N8O3S/c1-5-30(6-2)18-10-7-16(8-11-18)14-25-27-22-28-29-23(31(22)24)35-15-21(32)26-17-9-12-19(33-3)20(13-17)34-4/h7-14H,5-6,15,24H2,1-4H3,(H,26,32)(H,27,28)/b25-14+. The number of carbonyl (C=O) groups is 1. The molecule has 3 aromatic rings. The molecule has 0 aliphatic rings. The van der Waals surface area contributed by atoms with Gasteiger partial charge in [-0.2, -0.15) is 5.10 Å². The Hall–Kier alpha value is -3.93. The van der Waals surface area contributed by atoms with Gasteiger partial charge in [0.05, 0.1) is 26.2 Å². The number of carbonyl (C=O) groups excluding carboxylic acids is 1. The smallest absolute Gasteiger partial charge is 0.264 e. The summed E-state index contributed by atoms with van der Waals surface area (Å²) in [6.07, 6.45) is 1.67. The maximum absolute atomic E-state index is 12.3. The Bertz CT molecular complexity index is 1150. The van der Waals surface area contributed by atoms with E-state index in [2.05, 4.69) is 56.9 Å². The first-order valence-corrected chi connectivity index (χ1v) is 12.0. The van der Waals surface area contributed by atoms with E-state index in [0.717, 1.165) is 30.4 Å². The summed E-state index contributed by atoms with van der Waals surface area (Å²) >= 11 is 1.15. The molecule has 0 unspecified atom stereocenters. The average Bonchev–Trinajstić information content (AvgIpc) is 3.23. The minimum Gasteiger partial charge on any atom is -0.493 e. The number of ether oxygens (including phenoxy) is 2. The Balaban J connectivity index is 1.52. The fourth-order valence-corrected chi connectivity index (χ4v) is 3.87. The van der Waals surface area contributed by atoms with Crippen LogP contribution in [0.25, 0.3) is 0 Å². The predicted molar refractivity (Wildman–Crippen MR) is 140 cm³/mol. The summed E-state index contributed by atoms with van der Waals surface area (Å²) in [5.74, 6) is 7.26. The Morgan fingerprint density at radius 2 is 1.83 bits per heavy atom. The highest BCUT2D eigenvalue weighted by molar-refractivity contribution is 7.99. The fraction of sp³-hybridized carbons (Fsp3) is 0.304. The van der Waals surface area contributed by atoms with Crippen molar-refractivity contribution >= 4 is 41.2 Å². The highest BCUT2D eigenvalue weighted by atomic mass is 32.2. The first-order valence-electron chi connectivity index (χ1n) is 11.0. The first kappa shape index (κ1) is 25.7. The molecule has 0 atom stereocenters. The molecule has 0 bridgehead atoms. The predicted octanol–water partition coefficient (Wildman–Crippen LogP) is 3.03. The Labute approximate surface area is 208 Å². The second kappa shape index (κ2) is 12.5. The van der Waals surface area contributed by atoms with Crippen LogP contribution in [-0.2, 0) is 4.79 Å². The molecule has 0 saturated carbocycles. The summed E-state index contributed by atoms with van der Waals surface area (Å²) < 4.78 is 11.7. The van der Waals surface area contributed by atoms with Crippen LogP contribution < -0.4 is 31.0 Å². The molecular formula is C23H30N8O3S. The van der Waals surface area contributed by atoms with Gasteiger partial charge in [0, 0.05) is 30.5 Å². The van der Waals surface area contributed by atoms with Gasteiger partial charge in [-0.25, -0.2) is 10.1 Å². The number of thioether (sulfide) groups is 1. The number of hydrogen-bond donors (Lipinski definition) is 3. The number of hydrazone groups is 1. The van der Waals surface area contributed by atoms with Gasteiger partial charge in [-0.15, -0.1) is 10.2 Å². The van der Waals surface area contributed by atoms with E-state index < -0.39 is 0 Å². The van der Waals surface area contributed by atoms with E-state index in [1.807, 2.05) is 12.1 Å². The number of rotatable bonds is 12. The fourth-order valence-electron chi connectivity index (χ4n) is 3.22. The van der Waals surface area contributed by atoms with E-state index in [0.29, 0.717) is 22.3 Å². The summed E-state index contributed by atoms with van der Waals surface area (Å²) in [7, 11) is 3.08. The molecule has 0 fully saturated rings. The van der Waals surface area contributed by atoms with Crippen LogP contribution in [0.5, 0.6) is 11.5 Å². The summed E-state index contributed by atoms with van der Waals surface area (Å²) in [4.78, 5) is 14.6. The van der Waals surface area contributed by atoms with Gasteiger partial charge in [-0.1, -0.05) is 23.9 Å². The van der Waals surface area contributed by atoms with Gasteiger partial charge < -0.3 is 25.5 Å². The molecular weight excluding hydrogens is 468 g/mol. The Morgan fingerprint density at radius 3 is 2.49 bits per heavy atom. The van der Waals surface area contributed by atoms with E-state index in [9.17, 15) is 4.79 Å². The van der Waals surface area contributed by atoms with Crippen molar-refractivity contribution in [3.8, 4) is 11.5 Å². The van der Waals surface area contributed by atoms with Crippen LogP contribution in [0, 0.1) is 0 Å². The topological polar surface area (TPSA) is 132 Å². The lowest BCUT2D eigenvalue weighted by atomic mass is 10.2. The van der Waals surface area contributed by atoms with Crippen molar-refractivity contribution in [1.82, 2.24) is 14.9 Å². The first-order chi connectivity index (χ1) is 17.0. The van der Waals surface area contributed by atoms with Gasteiger partial charge in [0.1, 0.15) is 0 Å². The monoisotopic (exact) mass is 498 g/mol. The van der Waals surface area contributed by atoms with Crippen LogP contribution in [0.1, 0.15) is 19.4 Å². The number of methoxy groups -OCH3 is 2. The van der Waals surface area contributed by atoms with Crippen LogP contribution in [0.4, 0.5) is 17.3 Å². The molecule has 0 aliphatic carbocycles. The van der Waals surface area contributed by atoms with Gasteiger partial charge in [0.15, 0.2) is 11.5 Å². The molecule has 1 aromatic heterocycles. The number of amides is 1. The molecule has 1 amide bonds. The molecule has 4 N–H and O–H groups in total. The van der Waals surface area contributed by atoms with Crippen molar-refractivity contribution in [2.24, 2.45) is 5.10 Å². The van der Waals surface area contributed by atoms with Crippen molar-refractivity contribution in [2.75, 3.05) is 54.5 Å². The average molecular weight is 499 g/mol. The molecule has 0 spiro atoms. The van der Waals surface area contributed by atoms with Crippen LogP contribution >= 0.6 is 11.8 Å². The molecule has 35 heavy (non-hydrogen) atoms. The summed E-state index contributed by atoms with van der Waals surface area (Å²) in [6.45, 7) is 6.16. The molecule has 186 valence electrons. The minimum absolute atomic E-state index is 0.0891. The number of anilines is 3. The number of nitrogens with zero attached hydrogens (tertiary/aromatic N) is 5. The molecule has 3 rings (SSSR count). The maximum Gasteiger partial charge on any atom is 0.264 e. The maximum atomic E-state index is 12.3. The Morgan fingerprint density at radius 1 is 1.11 bits per heavy atom. The second-order valence-corrected chi connectivity index (χ2v) is 8.16. The third-order valence-corrected chi connectivity index (χ3v) is 6.01. The van der Waals surface area contributed by atoms with E-state index >= 15 is 0 Å². The van der Waals surface area contributed by atoms with Crippen molar-refractivity contribution in [2.45, 2.75) is 19.0 Å². The quantitative estimate of drug-likeness (QED) is 0.149. The highest BCUT2D eigenvalue weighted by Gasteiger charge is 2.13. The third-order valence-electron chi connectivity index (χ3n) is 5.06. The van der Waals surface area contributed by atoms with Gasteiger partial charge in [-0.3, -0.25) is 4.79 Å². The van der Waals surface area contributed by atoms with Crippen LogP contribution in [-0.4, -0.2) is 60.1 Å². The van der Waals surface area contributed by atoms with E-state index in [4.69, 9.17) is 15.3 Å². The largest absolute Gasteiger partial charge is 0.493 e. The highest BCUT2D eigenvalue weighted by Crippen LogP contribution is 2.30. The lowest BCUT2D eigenvalue weighted by Gasteiger charge is -2.20. The normalized spacial score (nSPS) is 10.9. The summed E-state index contributed by atoms with van der Waals surface area (Å²) in [5, 5.41) is 15.3. The van der Waals surface area contributed by atoms with Crippen molar-refractivity contribution < 1.29 is 14.3 Å². The molecule has 11 nitrogen and oxygen atoms in total. The molecule has 0 radical (unpaired) electrons. The zero-order valence-corrected chi connectivity index (χ0v) is 21.0. The molecule has 1 heterocycles. The molecule has 0 saturated heterocycles. The van der Waals surface area contributed by atoms with Crippen LogP contribution in [0.3, 0.4) is 0 Å². The third kappa shape index (κ3) is 6.79. The lowest BCUT2D eigenvalue weighted by molar-refractivity contribution is -0.113. The molecule has 2 aromatic carbocycles. The zero-order chi connectivity index (χ0) is 25.2. The number of benzene rings is 2. The lowest BCUT2D eigenvalue weighted by Crippen LogP contribution is -2.21. The SMILES string of the molecule is CCN(CC)c1ccc(/C=N/Nc2nnc(SCC(=O)Nc3ccc(OC)c(OC)c3)n2N)cc1.